The fourth-order valence-electron chi connectivity index (χ4n) is 4.71. The van der Waals surface area contributed by atoms with Crippen LogP contribution in [0.15, 0.2) is 48.5 Å². The Morgan fingerprint density at radius 2 is 1.91 bits per heavy atom. The van der Waals surface area contributed by atoms with E-state index in [1.165, 1.54) is 5.56 Å². The molecule has 33 heavy (non-hydrogen) atoms. The minimum absolute atomic E-state index is 0.0669. The SMILES string of the molecule is COc1ccc(C)cc1C1(CNC(=O)c2cccc(Cn3nc(C)cc3C)c2)CCOCC1. The summed E-state index contributed by atoms with van der Waals surface area (Å²) in [6.45, 7) is 8.64. The number of nitrogens with zero attached hydrogens (tertiary/aromatic N) is 2. The predicted octanol–water partition coefficient (Wildman–Crippen LogP) is 4.34. The van der Waals surface area contributed by atoms with Gasteiger partial charge in [-0.1, -0.05) is 29.8 Å². The summed E-state index contributed by atoms with van der Waals surface area (Å²) in [5.74, 6) is 0.798. The van der Waals surface area contributed by atoms with Crippen LogP contribution in [-0.2, 0) is 16.7 Å². The highest BCUT2D eigenvalue weighted by Gasteiger charge is 2.37. The molecule has 6 nitrogen and oxygen atoms in total. The van der Waals surface area contributed by atoms with E-state index < -0.39 is 0 Å². The lowest BCUT2D eigenvalue weighted by atomic mass is 9.73. The van der Waals surface area contributed by atoms with Crippen LogP contribution in [0.25, 0.3) is 0 Å². The van der Waals surface area contributed by atoms with Gasteiger partial charge in [0.25, 0.3) is 5.91 Å². The first-order valence-electron chi connectivity index (χ1n) is 11.5. The summed E-state index contributed by atoms with van der Waals surface area (Å²) in [6, 6.07) is 16.1. The molecule has 0 bridgehead atoms. The molecule has 1 aromatic heterocycles. The van der Waals surface area contributed by atoms with Gasteiger partial charge in [0.2, 0.25) is 0 Å². The molecule has 4 rings (SSSR count). The maximum atomic E-state index is 13.2. The largest absolute Gasteiger partial charge is 0.496 e. The van der Waals surface area contributed by atoms with Crippen molar-refractivity contribution in [3.8, 4) is 5.75 Å². The number of aromatic nitrogens is 2. The number of aryl methyl sites for hydroxylation is 3. The smallest absolute Gasteiger partial charge is 0.251 e. The summed E-state index contributed by atoms with van der Waals surface area (Å²) in [5.41, 5.74) is 5.92. The van der Waals surface area contributed by atoms with Gasteiger partial charge in [-0.3, -0.25) is 9.48 Å². The van der Waals surface area contributed by atoms with E-state index in [1.807, 2.05) is 48.9 Å². The van der Waals surface area contributed by atoms with E-state index in [9.17, 15) is 4.79 Å². The second-order valence-corrected chi connectivity index (χ2v) is 9.06. The van der Waals surface area contributed by atoms with Crippen molar-refractivity contribution in [3.05, 3.63) is 82.2 Å². The Kier molecular flexibility index (Phi) is 6.84. The standard InChI is InChI=1S/C27H33N3O3/c1-19-8-9-25(32-4)24(14-19)27(10-12-33-13-11-27)18-28-26(31)23-7-5-6-22(16-23)17-30-21(3)15-20(2)29-30/h5-9,14-16H,10-13,17-18H2,1-4H3,(H,28,31). The van der Waals surface area contributed by atoms with Crippen LogP contribution in [0.5, 0.6) is 5.75 Å². The summed E-state index contributed by atoms with van der Waals surface area (Å²) in [5, 5.41) is 7.75. The summed E-state index contributed by atoms with van der Waals surface area (Å²) in [7, 11) is 1.70. The van der Waals surface area contributed by atoms with Crippen LogP contribution in [0.1, 0.15) is 51.3 Å². The highest BCUT2D eigenvalue weighted by molar-refractivity contribution is 5.94. The van der Waals surface area contributed by atoms with Crippen molar-refractivity contribution in [2.45, 2.75) is 45.6 Å². The van der Waals surface area contributed by atoms with Gasteiger partial charge in [-0.2, -0.15) is 5.10 Å². The molecule has 1 aliphatic heterocycles. The van der Waals surface area contributed by atoms with Crippen LogP contribution in [0.4, 0.5) is 0 Å². The molecule has 2 aromatic carbocycles. The average Bonchev–Trinajstić information content (AvgIpc) is 3.14. The van der Waals surface area contributed by atoms with E-state index in [4.69, 9.17) is 9.47 Å². The highest BCUT2D eigenvalue weighted by atomic mass is 16.5. The number of hydrogen-bond donors (Lipinski definition) is 1. The van der Waals surface area contributed by atoms with Gasteiger partial charge in [-0.25, -0.2) is 0 Å². The molecule has 1 N–H and O–H groups in total. The third-order valence-electron chi connectivity index (χ3n) is 6.59. The van der Waals surface area contributed by atoms with Crippen molar-refractivity contribution in [1.29, 1.82) is 0 Å². The summed E-state index contributed by atoms with van der Waals surface area (Å²) < 4.78 is 13.3. The molecule has 0 spiro atoms. The Bertz CT molecular complexity index is 1130. The van der Waals surface area contributed by atoms with Crippen LogP contribution < -0.4 is 10.1 Å². The highest BCUT2D eigenvalue weighted by Crippen LogP contribution is 2.40. The third kappa shape index (κ3) is 5.11. The average molecular weight is 448 g/mol. The monoisotopic (exact) mass is 447 g/mol. The molecule has 1 fully saturated rings. The van der Waals surface area contributed by atoms with E-state index in [1.54, 1.807) is 7.11 Å². The van der Waals surface area contributed by atoms with E-state index in [-0.39, 0.29) is 11.3 Å². The van der Waals surface area contributed by atoms with Crippen molar-refractivity contribution in [1.82, 2.24) is 15.1 Å². The van der Waals surface area contributed by atoms with Gasteiger partial charge >= 0.3 is 0 Å². The lowest BCUT2D eigenvalue weighted by Gasteiger charge is -2.38. The van der Waals surface area contributed by atoms with E-state index in [0.717, 1.165) is 41.1 Å². The normalized spacial score (nSPS) is 15.3. The van der Waals surface area contributed by atoms with Crippen LogP contribution in [-0.4, -0.2) is 42.6 Å². The van der Waals surface area contributed by atoms with Gasteiger partial charge < -0.3 is 14.8 Å². The van der Waals surface area contributed by atoms with E-state index in [2.05, 4.69) is 35.5 Å². The molecule has 3 aromatic rings. The minimum Gasteiger partial charge on any atom is -0.496 e. The summed E-state index contributed by atoms with van der Waals surface area (Å²) in [4.78, 5) is 13.2. The molecule has 0 radical (unpaired) electrons. The van der Waals surface area contributed by atoms with Gasteiger partial charge in [0.15, 0.2) is 0 Å². The van der Waals surface area contributed by atoms with Gasteiger partial charge in [-0.15, -0.1) is 0 Å². The number of carbonyl (C=O) groups is 1. The van der Waals surface area contributed by atoms with Gasteiger partial charge in [0, 0.05) is 42.0 Å². The lowest BCUT2D eigenvalue weighted by molar-refractivity contribution is 0.0479. The van der Waals surface area contributed by atoms with Gasteiger partial charge in [-0.05, 0) is 63.4 Å². The number of benzene rings is 2. The zero-order valence-corrected chi connectivity index (χ0v) is 20.0. The molecule has 1 aliphatic rings. The Morgan fingerprint density at radius 1 is 1.12 bits per heavy atom. The summed E-state index contributed by atoms with van der Waals surface area (Å²) in [6.07, 6.45) is 1.68. The van der Waals surface area contributed by atoms with Crippen LogP contribution in [0, 0.1) is 20.8 Å². The van der Waals surface area contributed by atoms with Crippen molar-refractivity contribution >= 4 is 5.91 Å². The molecule has 6 heteroatoms. The number of nitrogens with one attached hydrogen (secondary N) is 1. The third-order valence-corrected chi connectivity index (χ3v) is 6.59. The quantitative estimate of drug-likeness (QED) is 0.585. The number of ether oxygens (including phenoxy) is 2. The fourth-order valence-corrected chi connectivity index (χ4v) is 4.71. The number of methoxy groups -OCH3 is 1. The number of carbonyl (C=O) groups excluding carboxylic acids is 1. The maximum absolute atomic E-state index is 13.2. The van der Waals surface area contributed by atoms with Crippen molar-refractivity contribution in [2.75, 3.05) is 26.9 Å². The number of rotatable bonds is 7. The van der Waals surface area contributed by atoms with Crippen molar-refractivity contribution < 1.29 is 14.3 Å². The zero-order chi connectivity index (χ0) is 23.4. The Hall–Kier alpha value is -3.12. The molecule has 0 saturated carbocycles. The second kappa shape index (κ2) is 9.79. The molecule has 0 aliphatic carbocycles. The second-order valence-electron chi connectivity index (χ2n) is 9.06. The molecule has 0 atom stereocenters. The number of amides is 1. The topological polar surface area (TPSA) is 65.4 Å². The van der Waals surface area contributed by atoms with Crippen LogP contribution in [0.3, 0.4) is 0 Å². The maximum Gasteiger partial charge on any atom is 0.251 e. The Balaban J connectivity index is 1.53. The first kappa shape index (κ1) is 23.1. The van der Waals surface area contributed by atoms with Gasteiger partial charge in [0.05, 0.1) is 19.3 Å². The zero-order valence-electron chi connectivity index (χ0n) is 20.0. The number of hydrogen-bond acceptors (Lipinski definition) is 4. The first-order chi connectivity index (χ1) is 15.9. The lowest BCUT2D eigenvalue weighted by Crippen LogP contribution is -2.44. The van der Waals surface area contributed by atoms with E-state index >= 15 is 0 Å². The molecular formula is C27H33N3O3. The fraction of sp³-hybridized carbons (Fsp3) is 0.407. The Morgan fingerprint density at radius 3 is 2.61 bits per heavy atom. The van der Waals surface area contributed by atoms with Crippen molar-refractivity contribution in [2.24, 2.45) is 0 Å². The van der Waals surface area contributed by atoms with Gasteiger partial charge in [0.1, 0.15) is 5.75 Å². The van der Waals surface area contributed by atoms with Crippen LogP contribution >= 0.6 is 0 Å². The molecule has 0 unspecified atom stereocenters. The Labute approximate surface area is 195 Å². The summed E-state index contributed by atoms with van der Waals surface area (Å²) >= 11 is 0. The van der Waals surface area contributed by atoms with Crippen molar-refractivity contribution in [3.63, 3.8) is 0 Å². The first-order valence-corrected chi connectivity index (χ1v) is 11.5. The minimum atomic E-state index is -0.216. The predicted molar refractivity (Wildman–Crippen MR) is 129 cm³/mol. The molecular weight excluding hydrogens is 414 g/mol. The molecule has 1 amide bonds. The van der Waals surface area contributed by atoms with E-state index in [0.29, 0.717) is 31.9 Å². The molecule has 1 saturated heterocycles. The van der Waals surface area contributed by atoms with Crippen LogP contribution in [0.2, 0.25) is 0 Å². The molecule has 174 valence electrons. The molecule has 2 heterocycles.